The molecule has 1 amide bonds. The van der Waals surface area contributed by atoms with E-state index >= 15 is 0 Å². The Morgan fingerprint density at radius 2 is 1.64 bits per heavy atom. The van der Waals surface area contributed by atoms with Gasteiger partial charge in [0.2, 0.25) is 0 Å². The molecule has 346 valence electrons. The number of hydrogen-bond donors (Lipinski definition) is 2. The van der Waals surface area contributed by atoms with Crippen LogP contribution in [0, 0.1) is 20.8 Å². The number of hydrogen-bond acceptors (Lipinski definition) is 11. The van der Waals surface area contributed by atoms with E-state index in [-0.39, 0.29) is 36.0 Å². The summed E-state index contributed by atoms with van der Waals surface area (Å²) < 4.78 is 25.3. The second-order valence-corrected chi connectivity index (χ2v) is 17.3. The molecule has 1 atom stereocenters. The van der Waals surface area contributed by atoms with Crippen LogP contribution >= 0.6 is 0 Å². The molecule has 1 unspecified atom stereocenters. The van der Waals surface area contributed by atoms with Crippen molar-refractivity contribution in [2.75, 3.05) is 57.7 Å². The predicted molar refractivity (Wildman–Crippen MR) is 255 cm³/mol. The molecule has 2 N–H and O–H groups in total. The van der Waals surface area contributed by atoms with E-state index in [0.29, 0.717) is 82.0 Å². The van der Waals surface area contributed by atoms with Gasteiger partial charge in [-0.3, -0.25) is 23.7 Å². The molecule has 66 heavy (non-hydrogen) atoms. The van der Waals surface area contributed by atoms with Gasteiger partial charge in [0, 0.05) is 91.0 Å². The molecule has 1 saturated heterocycles. The van der Waals surface area contributed by atoms with Crippen molar-refractivity contribution in [2.24, 2.45) is 0 Å². The van der Waals surface area contributed by atoms with Crippen LogP contribution in [0.25, 0.3) is 33.2 Å². The van der Waals surface area contributed by atoms with Crippen LogP contribution in [0.5, 0.6) is 5.75 Å². The molecule has 2 aromatic carbocycles. The number of pyridine rings is 3. The molecule has 0 radical (unpaired) electrons. The van der Waals surface area contributed by atoms with E-state index in [4.69, 9.17) is 23.9 Å². The van der Waals surface area contributed by atoms with Crippen molar-refractivity contribution >= 4 is 45.2 Å². The smallest absolute Gasteiger partial charge is 0.253 e. The second kappa shape index (κ2) is 21.4. The lowest BCUT2D eigenvalue weighted by atomic mass is 9.93. The molecule has 0 spiro atoms. The number of anilines is 1. The summed E-state index contributed by atoms with van der Waals surface area (Å²) in [5.74, 6) is 0.399. The third kappa shape index (κ3) is 10.6. The Balaban J connectivity index is 0.815. The van der Waals surface area contributed by atoms with Gasteiger partial charge < -0.3 is 34.1 Å². The third-order valence-electron chi connectivity index (χ3n) is 12.8. The highest BCUT2D eigenvalue weighted by Gasteiger charge is 2.32. The Labute approximate surface area is 385 Å². The number of ether oxygens (including phenoxy) is 4. The number of aromatic amines is 1. The van der Waals surface area contributed by atoms with Gasteiger partial charge in [-0.2, -0.15) is 0 Å². The van der Waals surface area contributed by atoms with Crippen LogP contribution in [0.3, 0.4) is 0 Å². The van der Waals surface area contributed by atoms with Gasteiger partial charge >= 0.3 is 0 Å². The van der Waals surface area contributed by atoms with Crippen molar-refractivity contribution in [3.63, 3.8) is 0 Å². The number of H-pyrrole nitrogens is 1. The number of nitrogens with zero attached hydrogens (tertiary/aromatic N) is 4. The topological polar surface area (TPSA) is 167 Å². The molecule has 4 aromatic heterocycles. The maximum Gasteiger partial charge on any atom is 0.253 e. The lowest BCUT2D eigenvalue weighted by molar-refractivity contribution is -0.132. The van der Waals surface area contributed by atoms with Gasteiger partial charge in [0.1, 0.15) is 29.4 Å². The standard InChI is InChI=1S/C52H60N6O8/c1-5-57(39-16-20-64-21-17-39)47-29-38(28-43(35(47)4)51(61)55-32-45-33(2)26-34(3)56-52(45)62)37-10-13-41(14-11-37)66-25-24-65-23-22-63-19-7-8-36-27-44-42-9-6-18-53-49(42)58(50(44)54-31-36)46-15-12-40(59)30-48(46)60/h6,9-11,13-14,18,26-29,31,39,46H,5,7-8,12,15-17,19-25,30,32H2,1-4H3,(H,55,61)(H,56,62). The summed E-state index contributed by atoms with van der Waals surface area (Å²) in [6.07, 6.45) is 7.84. The number of benzene rings is 2. The molecule has 2 aliphatic rings. The predicted octanol–water partition coefficient (Wildman–Crippen LogP) is 7.71. The maximum atomic E-state index is 13.9. The maximum absolute atomic E-state index is 13.9. The van der Waals surface area contributed by atoms with Crippen LogP contribution in [0.15, 0.2) is 77.9 Å². The monoisotopic (exact) mass is 896 g/mol. The van der Waals surface area contributed by atoms with Crippen LogP contribution in [-0.2, 0) is 36.8 Å². The van der Waals surface area contributed by atoms with E-state index < -0.39 is 6.04 Å². The number of amides is 1. The van der Waals surface area contributed by atoms with E-state index in [0.717, 1.165) is 93.5 Å². The van der Waals surface area contributed by atoms with E-state index in [2.05, 4.69) is 39.2 Å². The molecular weight excluding hydrogens is 837 g/mol. The second-order valence-electron chi connectivity index (χ2n) is 17.3. The van der Waals surface area contributed by atoms with Gasteiger partial charge in [-0.25, -0.2) is 9.97 Å². The first-order chi connectivity index (χ1) is 32.1. The SMILES string of the molecule is CCN(c1cc(-c2ccc(OCCOCCOCCCc3cnc4c(c3)c3cccnc3n4C3CCC(=O)CC3=O)cc2)cc(C(=O)NCc2c(C)cc(C)[nH]c2=O)c1C)C1CCOCC1. The summed E-state index contributed by atoms with van der Waals surface area (Å²) in [6.45, 7) is 12.5. The number of carbonyl (C=O) groups is 3. The number of fused-ring (bicyclic) bond motifs is 3. The van der Waals surface area contributed by atoms with Crippen molar-refractivity contribution in [3.05, 3.63) is 117 Å². The third-order valence-corrected chi connectivity index (χ3v) is 12.8. The normalized spacial score (nSPS) is 15.7. The van der Waals surface area contributed by atoms with Gasteiger partial charge in [-0.15, -0.1) is 0 Å². The molecule has 1 saturated carbocycles. The van der Waals surface area contributed by atoms with Crippen molar-refractivity contribution in [3.8, 4) is 16.9 Å². The molecule has 6 aromatic rings. The highest BCUT2D eigenvalue weighted by molar-refractivity contribution is 6.09. The molecule has 1 aliphatic carbocycles. The Morgan fingerprint density at radius 3 is 2.39 bits per heavy atom. The molecule has 14 nitrogen and oxygen atoms in total. The van der Waals surface area contributed by atoms with Gasteiger partial charge in [-0.05, 0) is 136 Å². The number of aromatic nitrogens is 4. The largest absolute Gasteiger partial charge is 0.491 e. The van der Waals surface area contributed by atoms with Crippen molar-refractivity contribution in [1.29, 1.82) is 0 Å². The minimum Gasteiger partial charge on any atom is -0.491 e. The number of carbonyl (C=O) groups excluding carboxylic acids is 3. The highest BCUT2D eigenvalue weighted by Crippen LogP contribution is 2.36. The Hall–Kier alpha value is -6.22. The van der Waals surface area contributed by atoms with Gasteiger partial charge in [-0.1, -0.05) is 12.1 Å². The highest BCUT2D eigenvalue weighted by atomic mass is 16.5. The molecular formula is C52H60N6O8. The zero-order valence-corrected chi connectivity index (χ0v) is 38.5. The van der Waals surface area contributed by atoms with Crippen LogP contribution < -0.4 is 20.5 Å². The van der Waals surface area contributed by atoms with Crippen molar-refractivity contribution in [2.45, 2.75) is 91.3 Å². The summed E-state index contributed by atoms with van der Waals surface area (Å²) in [6, 6.07) is 19.8. The van der Waals surface area contributed by atoms with Crippen LogP contribution in [0.1, 0.15) is 89.8 Å². The quantitative estimate of drug-likeness (QED) is 0.0604. The van der Waals surface area contributed by atoms with E-state index in [1.807, 2.05) is 80.1 Å². The molecule has 5 heterocycles. The number of ketones is 2. The molecule has 2 fully saturated rings. The molecule has 0 bridgehead atoms. The van der Waals surface area contributed by atoms with E-state index in [9.17, 15) is 19.2 Å². The first kappa shape index (κ1) is 46.3. The van der Waals surface area contributed by atoms with E-state index in [1.54, 1.807) is 6.20 Å². The summed E-state index contributed by atoms with van der Waals surface area (Å²) in [5.41, 5.74) is 8.84. The molecule has 8 rings (SSSR count). The fraction of sp³-hybridized carbons (Fsp3) is 0.423. The summed E-state index contributed by atoms with van der Waals surface area (Å²) >= 11 is 0. The first-order valence-corrected chi connectivity index (χ1v) is 23.2. The number of Topliss-reactive ketones (excluding diaryl/α,β-unsaturated/α-hetero) is 2. The Morgan fingerprint density at radius 1 is 0.879 bits per heavy atom. The van der Waals surface area contributed by atoms with E-state index in [1.165, 1.54) is 0 Å². The zero-order chi connectivity index (χ0) is 46.2. The Kier molecular flexibility index (Phi) is 15.0. The number of aryl methyl sites for hydroxylation is 3. The average molecular weight is 897 g/mol. The molecule has 14 heteroatoms. The van der Waals surface area contributed by atoms with Crippen LogP contribution in [-0.4, -0.2) is 95.8 Å². The first-order valence-electron chi connectivity index (χ1n) is 23.2. The average Bonchev–Trinajstić information content (AvgIpc) is 3.64. The zero-order valence-electron chi connectivity index (χ0n) is 38.5. The minimum absolute atomic E-state index is 0.00659. The van der Waals surface area contributed by atoms with Gasteiger partial charge in [0.05, 0.1) is 32.3 Å². The number of rotatable bonds is 19. The number of nitrogens with one attached hydrogen (secondary N) is 2. The van der Waals surface area contributed by atoms with Gasteiger partial charge in [0.25, 0.3) is 11.5 Å². The van der Waals surface area contributed by atoms with Crippen LogP contribution in [0.2, 0.25) is 0 Å². The van der Waals surface area contributed by atoms with Gasteiger partial charge in [0.15, 0.2) is 5.78 Å². The lowest BCUT2D eigenvalue weighted by Gasteiger charge is -2.37. The van der Waals surface area contributed by atoms with Crippen molar-refractivity contribution in [1.82, 2.24) is 24.8 Å². The summed E-state index contributed by atoms with van der Waals surface area (Å²) in [5, 5.41) is 4.94. The molecule has 1 aliphatic heterocycles. The fourth-order valence-corrected chi connectivity index (χ4v) is 9.40. The summed E-state index contributed by atoms with van der Waals surface area (Å²) in [4.78, 5) is 66.1. The summed E-state index contributed by atoms with van der Waals surface area (Å²) in [7, 11) is 0. The minimum atomic E-state index is -0.432. The lowest BCUT2D eigenvalue weighted by Crippen LogP contribution is -2.40. The fourth-order valence-electron chi connectivity index (χ4n) is 9.40. The van der Waals surface area contributed by atoms with Crippen LogP contribution in [0.4, 0.5) is 5.69 Å². The van der Waals surface area contributed by atoms with Crippen molar-refractivity contribution < 1.29 is 33.3 Å². The Bertz CT molecular complexity index is 2760.